The summed E-state index contributed by atoms with van der Waals surface area (Å²) in [5, 5.41) is 0. The van der Waals surface area contributed by atoms with Crippen molar-refractivity contribution >= 4 is 27.7 Å². The Kier molecular flexibility index (Phi) is 4.52. The summed E-state index contributed by atoms with van der Waals surface area (Å²) in [6.45, 7) is 6.04. The lowest BCUT2D eigenvalue weighted by atomic mass is 10.2. The van der Waals surface area contributed by atoms with E-state index in [1.54, 1.807) is 36.7 Å². The normalized spacial score (nSPS) is 10.5. The molecule has 0 unspecified atom stereocenters. The molecule has 0 saturated heterocycles. The van der Waals surface area contributed by atoms with Crippen molar-refractivity contribution in [1.29, 1.82) is 0 Å². The molecule has 0 atom stereocenters. The van der Waals surface area contributed by atoms with Gasteiger partial charge in [0.15, 0.2) is 0 Å². The average Bonchev–Trinajstić information content (AvgIpc) is 2.97. The summed E-state index contributed by atoms with van der Waals surface area (Å²) in [4.78, 5) is 24.0. The summed E-state index contributed by atoms with van der Waals surface area (Å²) in [6.07, 6.45) is 1.81. The molecule has 2 aromatic heterocycles. The molecule has 0 aliphatic rings. The molecule has 2 aromatic rings. The Labute approximate surface area is 130 Å². The molecule has 7 heteroatoms. The van der Waals surface area contributed by atoms with Crippen LogP contribution in [0.1, 0.15) is 39.3 Å². The first kappa shape index (κ1) is 15.4. The monoisotopic (exact) mass is 353 g/mol. The van der Waals surface area contributed by atoms with E-state index in [9.17, 15) is 9.59 Å². The van der Waals surface area contributed by atoms with E-state index in [1.165, 1.54) is 0 Å². The van der Waals surface area contributed by atoms with Crippen molar-refractivity contribution < 1.29 is 14.0 Å². The van der Waals surface area contributed by atoms with E-state index in [0.29, 0.717) is 29.3 Å². The number of halogens is 1. The number of carbonyl (C=O) groups excluding carboxylic acids is 2. The largest absolute Gasteiger partial charge is 0.466 e. The molecule has 112 valence electrons. The minimum absolute atomic E-state index is 0.381. The van der Waals surface area contributed by atoms with Gasteiger partial charge in [0.05, 0.1) is 5.56 Å². The number of carbonyl (C=O) groups is 2. The Bertz CT molecular complexity index is 688. The molecular formula is C14H16BrN3O3. The SMILES string of the molecule is CCn1cc(Br)cc1C(=O)NNC(=O)c1cc(C)oc1C. The topological polar surface area (TPSA) is 76.3 Å². The number of hydrazine groups is 1. The summed E-state index contributed by atoms with van der Waals surface area (Å²) < 4.78 is 7.87. The lowest BCUT2D eigenvalue weighted by Crippen LogP contribution is -2.42. The highest BCUT2D eigenvalue weighted by molar-refractivity contribution is 9.10. The first-order valence-corrected chi connectivity index (χ1v) is 7.25. The van der Waals surface area contributed by atoms with Crippen molar-refractivity contribution in [3.8, 4) is 0 Å². The first-order chi connectivity index (χ1) is 9.92. The van der Waals surface area contributed by atoms with E-state index in [-0.39, 0.29) is 5.91 Å². The smallest absolute Gasteiger partial charge is 0.286 e. The van der Waals surface area contributed by atoms with Crippen LogP contribution >= 0.6 is 15.9 Å². The number of hydrogen-bond donors (Lipinski definition) is 2. The number of furan rings is 1. The van der Waals surface area contributed by atoms with Crippen molar-refractivity contribution in [2.24, 2.45) is 0 Å². The maximum Gasteiger partial charge on any atom is 0.286 e. The molecule has 0 spiro atoms. The molecule has 0 saturated carbocycles. The van der Waals surface area contributed by atoms with E-state index in [0.717, 1.165) is 4.47 Å². The van der Waals surface area contributed by atoms with E-state index in [2.05, 4.69) is 26.8 Å². The van der Waals surface area contributed by atoms with Gasteiger partial charge in [-0.3, -0.25) is 20.4 Å². The van der Waals surface area contributed by atoms with Gasteiger partial charge in [-0.2, -0.15) is 0 Å². The van der Waals surface area contributed by atoms with Crippen LogP contribution < -0.4 is 10.9 Å². The second-order valence-corrected chi connectivity index (χ2v) is 5.48. The van der Waals surface area contributed by atoms with Crippen LogP contribution in [0.15, 0.2) is 27.2 Å². The number of amides is 2. The fourth-order valence-corrected chi connectivity index (χ4v) is 2.49. The van der Waals surface area contributed by atoms with E-state index in [1.807, 2.05) is 6.92 Å². The van der Waals surface area contributed by atoms with Crippen molar-refractivity contribution in [2.75, 3.05) is 0 Å². The van der Waals surface area contributed by atoms with Gasteiger partial charge in [-0.05, 0) is 48.8 Å². The second-order valence-electron chi connectivity index (χ2n) is 4.56. The Hall–Kier alpha value is -2.02. The lowest BCUT2D eigenvalue weighted by Gasteiger charge is -2.08. The van der Waals surface area contributed by atoms with Crippen molar-refractivity contribution in [3.63, 3.8) is 0 Å². The number of rotatable bonds is 3. The van der Waals surface area contributed by atoms with Crippen molar-refractivity contribution in [3.05, 3.63) is 45.6 Å². The molecular weight excluding hydrogens is 338 g/mol. The first-order valence-electron chi connectivity index (χ1n) is 6.45. The summed E-state index contributed by atoms with van der Waals surface area (Å²) in [7, 11) is 0. The predicted molar refractivity (Wildman–Crippen MR) is 80.9 cm³/mol. The van der Waals surface area contributed by atoms with Crippen LogP contribution in [-0.2, 0) is 6.54 Å². The number of hydrogen-bond acceptors (Lipinski definition) is 3. The van der Waals surface area contributed by atoms with Crippen LogP contribution in [0.5, 0.6) is 0 Å². The minimum atomic E-state index is -0.411. The van der Waals surface area contributed by atoms with Gasteiger partial charge < -0.3 is 8.98 Å². The van der Waals surface area contributed by atoms with Crippen LogP contribution in [0.25, 0.3) is 0 Å². The van der Waals surface area contributed by atoms with Gasteiger partial charge in [0.2, 0.25) is 0 Å². The zero-order chi connectivity index (χ0) is 15.6. The summed E-state index contributed by atoms with van der Waals surface area (Å²) in [6, 6.07) is 3.32. The highest BCUT2D eigenvalue weighted by atomic mass is 79.9. The molecule has 0 aliphatic heterocycles. The van der Waals surface area contributed by atoms with Gasteiger partial charge in [-0.25, -0.2) is 0 Å². The molecule has 2 amide bonds. The predicted octanol–water partition coefficient (Wildman–Crippen LogP) is 2.56. The Balaban J connectivity index is 2.04. The average molecular weight is 354 g/mol. The molecule has 2 N–H and O–H groups in total. The number of aromatic nitrogens is 1. The van der Waals surface area contributed by atoms with Crippen molar-refractivity contribution in [1.82, 2.24) is 15.4 Å². The quantitative estimate of drug-likeness (QED) is 0.832. The third-order valence-corrected chi connectivity index (χ3v) is 3.45. The zero-order valence-electron chi connectivity index (χ0n) is 12.0. The molecule has 21 heavy (non-hydrogen) atoms. The maximum absolute atomic E-state index is 12.1. The molecule has 0 fully saturated rings. The molecule has 6 nitrogen and oxygen atoms in total. The summed E-state index contributed by atoms with van der Waals surface area (Å²) >= 11 is 3.32. The van der Waals surface area contributed by atoms with Crippen LogP contribution in [0.3, 0.4) is 0 Å². The van der Waals surface area contributed by atoms with E-state index >= 15 is 0 Å². The third-order valence-electron chi connectivity index (χ3n) is 3.01. The zero-order valence-corrected chi connectivity index (χ0v) is 13.6. The van der Waals surface area contributed by atoms with Crippen molar-refractivity contribution in [2.45, 2.75) is 27.3 Å². The van der Waals surface area contributed by atoms with Gasteiger partial charge in [0, 0.05) is 17.2 Å². The molecule has 0 radical (unpaired) electrons. The van der Waals surface area contributed by atoms with Crippen LogP contribution in [-0.4, -0.2) is 16.4 Å². The molecule has 0 aromatic carbocycles. The molecule has 0 bridgehead atoms. The van der Waals surface area contributed by atoms with Gasteiger partial charge >= 0.3 is 0 Å². The van der Waals surface area contributed by atoms with Crippen LogP contribution in [0, 0.1) is 13.8 Å². The summed E-state index contributed by atoms with van der Waals surface area (Å²) in [5.41, 5.74) is 5.65. The molecule has 2 heterocycles. The fraction of sp³-hybridized carbons (Fsp3) is 0.286. The molecule has 0 aliphatic carbocycles. The minimum Gasteiger partial charge on any atom is -0.466 e. The third kappa shape index (κ3) is 3.36. The highest BCUT2D eigenvalue weighted by Gasteiger charge is 2.16. The molecule has 2 rings (SSSR count). The van der Waals surface area contributed by atoms with Gasteiger partial charge in [0.25, 0.3) is 11.8 Å². The second kappa shape index (κ2) is 6.17. The fourth-order valence-electron chi connectivity index (χ4n) is 2.03. The summed E-state index contributed by atoms with van der Waals surface area (Å²) in [5.74, 6) is 0.367. The van der Waals surface area contributed by atoms with E-state index < -0.39 is 5.91 Å². The lowest BCUT2D eigenvalue weighted by molar-refractivity contribution is 0.0840. The Morgan fingerprint density at radius 2 is 1.90 bits per heavy atom. The number of nitrogens with one attached hydrogen (secondary N) is 2. The van der Waals surface area contributed by atoms with Crippen LogP contribution in [0.2, 0.25) is 0 Å². The maximum atomic E-state index is 12.1. The van der Waals surface area contributed by atoms with Gasteiger partial charge in [-0.15, -0.1) is 0 Å². The van der Waals surface area contributed by atoms with Gasteiger partial charge in [0.1, 0.15) is 17.2 Å². The Morgan fingerprint density at radius 3 is 2.48 bits per heavy atom. The van der Waals surface area contributed by atoms with Crippen LogP contribution in [0.4, 0.5) is 0 Å². The van der Waals surface area contributed by atoms with E-state index in [4.69, 9.17) is 4.42 Å². The van der Waals surface area contributed by atoms with Gasteiger partial charge in [-0.1, -0.05) is 0 Å². The highest BCUT2D eigenvalue weighted by Crippen LogP contribution is 2.15. The number of aryl methyl sites for hydroxylation is 3. The standard InChI is InChI=1S/C14H16BrN3O3/c1-4-18-7-10(15)6-12(18)14(20)17-16-13(19)11-5-8(2)21-9(11)3/h5-7H,4H2,1-3H3,(H,16,19)(H,17,20). The number of nitrogens with zero attached hydrogens (tertiary/aromatic N) is 1. The Morgan fingerprint density at radius 1 is 1.24 bits per heavy atom.